The zero-order valence-electron chi connectivity index (χ0n) is 12.2. The molecule has 0 saturated carbocycles. The molecule has 1 unspecified atom stereocenters. The highest BCUT2D eigenvalue weighted by atomic mass is 16.5. The van der Waals surface area contributed by atoms with E-state index in [4.69, 9.17) is 4.74 Å². The van der Waals surface area contributed by atoms with Gasteiger partial charge in [-0.3, -0.25) is 9.59 Å². The molecular formula is C17H20O3. The molecule has 20 heavy (non-hydrogen) atoms. The summed E-state index contributed by atoms with van der Waals surface area (Å²) in [5, 5.41) is 0. The first-order chi connectivity index (χ1) is 9.54. The average Bonchev–Trinajstić information content (AvgIpc) is 2.79. The molecule has 3 nitrogen and oxygen atoms in total. The first-order valence-corrected chi connectivity index (χ1v) is 6.98. The molecule has 0 amide bonds. The smallest absolute Gasteiger partial charge is 0.323 e. The molecule has 0 heterocycles. The van der Waals surface area contributed by atoms with Gasteiger partial charge in [0.05, 0.1) is 6.61 Å². The number of ketones is 1. The van der Waals surface area contributed by atoms with Crippen molar-refractivity contribution in [1.82, 2.24) is 0 Å². The minimum Gasteiger partial charge on any atom is -0.465 e. The van der Waals surface area contributed by atoms with Gasteiger partial charge >= 0.3 is 5.97 Å². The molecular weight excluding hydrogens is 252 g/mol. The number of esters is 1. The third kappa shape index (κ3) is 2.17. The van der Waals surface area contributed by atoms with Gasteiger partial charge in [0.2, 0.25) is 0 Å². The molecule has 1 atom stereocenters. The fourth-order valence-electron chi connectivity index (χ4n) is 3.04. The van der Waals surface area contributed by atoms with Crippen LogP contribution in [-0.4, -0.2) is 18.4 Å². The van der Waals surface area contributed by atoms with Gasteiger partial charge in [0, 0.05) is 0 Å². The highest BCUT2D eigenvalue weighted by Crippen LogP contribution is 2.48. The lowest BCUT2D eigenvalue weighted by molar-refractivity contribution is -0.156. The molecule has 0 aromatic heterocycles. The van der Waals surface area contributed by atoms with Gasteiger partial charge < -0.3 is 4.74 Å². The molecule has 1 aromatic rings. The number of carbonyl (C=O) groups is 2. The summed E-state index contributed by atoms with van der Waals surface area (Å²) in [4.78, 5) is 24.5. The van der Waals surface area contributed by atoms with Gasteiger partial charge in [0.25, 0.3) is 0 Å². The zero-order valence-corrected chi connectivity index (χ0v) is 12.2. The Morgan fingerprint density at radius 2 is 1.90 bits per heavy atom. The summed E-state index contributed by atoms with van der Waals surface area (Å²) < 4.78 is 5.15. The average molecular weight is 272 g/mol. The van der Waals surface area contributed by atoms with E-state index < -0.39 is 11.4 Å². The molecule has 0 radical (unpaired) electrons. The quantitative estimate of drug-likeness (QED) is 0.623. The van der Waals surface area contributed by atoms with Crippen LogP contribution in [-0.2, 0) is 14.3 Å². The summed E-state index contributed by atoms with van der Waals surface area (Å²) in [5.74, 6) is -0.532. The molecule has 0 spiro atoms. The lowest BCUT2D eigenvalue weighted by Gasteiger charge is -2.25. The number of rotatable bonds is 4. The zero-order chi connectivity index (χ0) is 14.8. The van der Waals surface area contributed by atoms with Crippen LogP contribution in [0, 0.1) is 5.41 Å². The van der Waals surface area contributed by atoms with Crippen molar-refractivity contribution in [3.05, 3.63) is 41.5 Å². The third-order valence-electron chi connectivity index (χ3n) is 4.19. The fraction of sp³-hybridized carbons (Fsp3) is 0.412. The van der Waals surface area contributed by atoms with Crippen molar-refractivity contribution >= 4 is 17.3 Å². The van der Waals surface area contributed by atoms with Gasteiger partial charge in [0.15, 0.2) is 5.78 Å². The molecule has 0 saturated heterocycles. The highest BCUT2D eigenvalue weighted by molar-refractivity contribution is 6.08. The van der Waals surface area contributed by atoms with Crippen molar-refractivity contribution in [2.45, 2.75) is 33.6 Å². The first-order valence-electron chi connectivity index (χ1n) is 6.98. The van der Waals surface area contributed by atoms with Crippen LogP contribution in [0.4, 0.5) is 0 Å². The van der Waals surface area contributed by atoms with Crippen molar-refractivity contribution in [2.75, 3.05) is 6.61 Å². The van der Waals surface area contributed by atoms with Gasteiger partial charge in [-0.05, 0) is 50.3 Å². The van der Waals surface area contributed by atoms with E-state index in [1.807, 2.05) is 37.3 Å². The third-order valence-corrected chi connectivity index (χ3v) is 4.19. The molecule has 0 fully saturated rings. The van der Waals surface area contributed by atoms with Gasteiger partial charge in [-0.1, -0.05) is 30.3 Å². The van der Waals surface area contributed by atoms with Gasteiger partial charge in [-0.2, -0.15) is 0 Å². The lowest BCUT2D eigenvalue weighted by Crippen LogP contribution is -2.38. The van der Waals surface area contributed by atoms with E-state index in [-0.39, 0.29) is 5.78 Å². The normalized spacial score (nSPS) is 21.9. The second-order valence-corrected chi connectivity index (χ2v) is 5.15. The molecule has 1 aliphatic carbocycles. The van der Waals surface area contributed by atoms with Gasteiger partial charge in [-0.25, -0.2) is 0 Å². The van der Waals surface area contributed by atoms with Crippen LogP contribution in [0.1, 0.15) is 39.2 Å². The van der Waals surface area contributed by atoms with Crippen LogP contribution < -0.4 is 0 Å². The number of benzene rings is 1. The van der Waals surface area contributed by atoms with E-state index in [0.29, 0.717) is 13.0 Å². The molecule has 0 aliphatic heterocycles. The summed E-state index contributed by atoms with van der Waals surface area (Å²) in [6.45, 7) is 5.42. The van der Waals surface area contributed by atoms with Crippen LogP contribution in [0.5, 0.6) is 0 Å². The number of hydrogen-bond donors (Lipinski definition) is 0. The molecule has 3 heteroatoms. The summed E-state index contributed by atoms with van der Waals surface area (Å²) in [5.41, 5.74) is 1.93. The molecule has 1 aromatic carbocycles. The topological polar surface area (TPSA) is 43.4 Å². The minimum atomic E-state index is -1.08. The summed E-state index contributed by atoms with van der Waals surface area (Å²) in [7, 11) is 0. The number of carbonyl (C=O) groups excluding carboxylic acids is 2. The van der Waals surface area contributed by atoms with Crippen LogP contribution in [0.2, 0.25) is 0 Å². The van der Waals surface area contributed by atoms with Crippen LogP contribution in [0.3, 0.4) is 0 Å². The first kappa shape index (κ1) is 14.5. The Morgan fingerprint density at radius 3 is 2.45 bits per heavy atom. The summed E-state index contributed by atoms with van der Waals surface area (Å²) >= 11 is 0. The van der Waals surface area contributed by atoms with Gasteiger partial charge in [0.1, 0.15) is 5.41 Å². The van der Waals surface area contributed by atoms with E-state index in [0.717, 1.165) is 23.1 Å². The summed E-state index contributed by atoms with van der Waals surface area (Å²) in [6.07, 6.45) is 1.24. The predicted octanol–water partition coefficient (Wildman–Crippen LogP) is 3.39. The summed E-state index contributed by atoms with van der Waals surface area (Å²) in [6, 6.07) is 9.92. The molecule has 0 N–H and O–H groups in total. The van der Waals surface area contributed by atoms with E-state index in [1.54, 1.807) is 6.92 Å². The van der Waals surface area contributed by atoms with E-state index >= 15 is 0 Å². The largest absolute Gasteiger partial charge is 0.465 e. The van der Waals surface area contributed by atoms with Crippen LogP contribution in [0.25, 0.3) is 5.57 Å². The van der Waals surface area contributed by atoms with Crippen molar-refractivity contribution in [3.63, 3.8) is 0 Å². The molecule has 1 aliphatic rings. The van der Waals surface area contributed by atoms with Crippen molar-refractivity contribution in [1.29, 1.82) is 0 Å². The number of Topliss-reactive ketones (excluding diaryl/α,β-unsaturated/α-hetero) is 1. The highest BCUT2D eigenvalue weighted by Gasteiger charge is 2.50. The van der Waals surface area contributed by atoms with Crippen molar-refractivity contribution < 1.29 is 14.3 Å². The van der Waals surface area contributed by atoms with E-state index in [1.165, 1.54) is 6.92 Å². The molecule has 2 rings (SSSR count). The number of ether oxygens (including phenoxy) is 1. The SMILES string of the molecule is CCOC(=O)C1(C(C)=O)CCC(c2ccccc2)=C1C. The molecule has 106 valence electrons. The maximum absolute atomic E-state index is 12.3. The maximum Gasteiger partial charge on any atom is 0.323 e. The second-order valence-electron chi connectivity index (χ2n) is 5.15. The lowest BCUT2D eigenvalue weighted by atomic mass is 9.78. The molecule has 0 bridgehead atoms. The van der Waals surface area contributed by atoms with Crippen LogP contribution >= 0.6 is 0 Å². The van der Waals surface area contributed by atoms with E-state index in [9.17, 15) is 9.59 Å². The standard InChI is InChI=1S/C17H20O3/c1-4-20-16(19)17(13(3)18)11-10-15(12(17)2)14-8-6-5-7-9-14/h5-9H,4,10-11H2,1-3H3. The number of hydrogen-bond acceptors (Lipinski definition) is 3. The Hall–Kier alpha value is -1.90. The predicted molar refractivity (Wildman–Crippen MR) is 78.0 cm³/mol. The minimum absolute atomic E-state index is 0.126. The number of allylic oxidation sites excluding steroid dienone is 1. The monoisotopic (exact) mass is 272 g/mol. The van der Waals surface area contributed by atoms with E-state index in [2.05, 4.69) is 0 Å². The fourth-order valence-corrected chi connectivity index (χ4v) is 3.04. The maximum atomic E-state index is 12.3. The van der Waals surface area contributed by atoms with Crippen molar-refractivity contribution in [3.8, 4) is 0 Å². The van der Waals surface area contributed by atoms with Crippen molar-refractivity contribution in [2.24, 2.45) is 5.41 Å². The Morgan fingerprint density at radius 1 is 1.25 bits per heavy atom. The van der Waals surface area contributed by atoms with Crippen LogP contribution in [0.15, 0.2) is 35.9 Å². The second kappa shape index (κ2) is 5.61. The Bertz CT molecular complexity index is 557. The Balaban J connectivity index is 2.49. The Labute approximate surface area is 119 Å². The Kier molecular flexibility index (Phi) is 4.07. The van der Waals surface area contributed by atoms with Gasteiger partial charge in [-0.15, -0.1) is 0 Å².